The normalized spacial score (nSPS) is 14.4. The van der Waals surface area contributed by atoms with E-state index in [1.165, 1.54) is 17.7 Å². The third-order valence-electron chi connectivity index (χ3n) is 2.80. The molecule has 20 heavy (non-hydrogen) atoms. The van der Waals surface area contributed by atoms with E-state index in [0.29, 0.717) is 6.04 Å². The number of carbonyl (C=O) groups excluding carboxylic acids is 1. The molecular weight excluding hydrogens is 387 g/mol. The van der Waals surface area contributed by atoms with E-state index < -0.39 is 0 Å². The van der Waals surface area contributed by atoms with Crippen molar-refractivity contribution in [3.05, 3.63) is 22.4 Å². The summed E-state index contributed by atoms with van der Waals surface area (Å²) in [5.74, 6) is 0.735. The van der Waals surface area contributed by atoms with Crippen LogP contribution in [0.1, 0.15) is 17.7 Å². The predicted molar refractivity (Wildman–Crippen MR) is 93.7 cm³/mol. The van der Waals surface area contributed by atoms with Gasteiger partial charge >= 0.3 is 0 Å². The quantitative estimate of drug-likeness (QED) is 0.443. The lowest BCUT2D eigenvalue weighted by Gasteiger charge is -2.12. The van der Waals surface area contributed by atoms with Crippen LogP contribution in [0.4, 0.5) is 0 Å². The van der Waals surface area contributed by atoms with Gasteiger partial charge in [0.05, 0.1) is 6.54 Å². The molecule has 1 fully saturated rings. The fourth-order valence-electron chi connectivity index (χ4n) is 1.45. The molecule has 0 bridgehead atoms. The highest BCUT2D eigenvalue weighted by atomic mass is 127. The molecule has 1 heterocycles. The van der Waals surface area contributed by atoms with Gasteiger partial charge in [0.25, 0.3) is 0 Å². The van der Waals surface area contributed by atoms with Crippen molar-refractivity contribution in [1.82, 2.24) is 15.5 Å². The summed E-state index contributed by atoms with van der Waals surface area (Å²) in [5.41, 5.74) is 0. The standard InChI is InChI=1S/C13H20N4OS.HI/c1-17(2)12(18)9-15-13(16-10-5-6-10)14-8-11-4-3-7-19-11;/h3-4,7,10H,5-6,8-9H2,1-2H3,(H2,14,15,16);1H. The number of carbonyl (C=O) groups is 1. The molecule has 0 spiro atoms. The van der Waals surface area contributed by atoms with Gasteiger partial charge < -0.3 is 15.5 Å². The maximum Gasteiger partial charge on any atom is 0.243 e. The number of likely N-dealkylation sites (N-methyl/N-ethyl adjacent to an activating group) is 1. The molecule has 1 saturated carbocycles. The number of nitrogens with zero attached hydrogens (tertiary/aromatic N) is 2. The zero-order valence-electron chi connectivity index (χ0n) is 11.8. The van der Waals surface area contributed by atoms with Crippen molar-refractivity contribution in [3.8, 4) is 0 Å². The van der Waals surface area contributed by atoms with Crippen molar-refractivity contribution in [2.45, 2.75) is 25.4 Å². The van der Waals surface area contributed by atoms with Crippen molar-refractivity contribution in [3.63, 3.8) is 0 Å². The smallest absolute Gasteiger partial charge is 0.243 e. The van der Waals surface area contributed by atoms with Crippen molar-refractivity contribution in [2.75, 3.05) is 20.6 Å². The van der Waals surface area contributed by atoms with Crippen molar-refractivity contribution >= 4 is 47.2 Å². The van der Waals surface area contributed by atoms with Gasteiger partial charge in [-0.05, 0) is 24.3 Å². The Balaban J connectivity index is 0.00000200. The van der Waals surface area contributed by atoms with E-state index in [-0.39, 0.29) is 36.4 Å². The molecule has 2 N–H and O–H groups in total. The summed E-state index contributed by atoms with van der Waals surface area (Å²) >= 11 is 1.71. The third-order valence-corrected chi connectivity index (χ3v) is 3.68. The Morgan fingerprint density at radius 2 is 2.25 bits per heavy atom. The fourth-order valence-corrected chi connectivity index (χ4v) is 2.09. The molecule has 2 rings (SSSR count). The molecule has 1 aromatic heterocycles. The van der Waals surface area contributed by atoms with Gasteiger partial charge in [-0.3, -0.25) is 4.79 Å². The van der Waals surface area contributed by atoms with Crippen molar-refractivity contribution in [2.24, 2.45) is 4.99 Å². The summed E-state index contributed by atoms with van der Waals surface area (Å²) in [4.78, 5) is 18.7. The molecular formula is C13H21IN4OS. The second kappa shape index (κ2) is 8.46. The monoisotopic (exact) mass is 408 g/mol. The zero-order chi connectivity index (χ0) is 13.7. The Kier molecular flexibility index (Phi) is 7.28. The van der Waals surface area contributed by atoms with E-state index in [4.69, 9.17) is 0 Å². The van der Waals surface area contributed by atoms with Gasteiger partial charge in [-0.25, -0.2) is 4.99 Å². The lowest BCUT2D eigenvalue weighted by Crippen LogP contribution is -2.39. The molecule has 1 aliphatic rings. The lowest BCUT2D eigenvalue weighted by molar-refractivity contribution is -0.127. The molecule has 5 nitrogen and oxygen atoms in total. The Bertz CT molecular complexity index is 443. The number of thiophene rings is 1. The van der Waals surface area contributed by atoms with Crippen LogP contribution in [0.25, 0.3) is 0 Å². The summed E-state index contributed by atoms with van der Waals surface area (Å²) in [6, 6.07) is 4.63. The summed E-state index contributed by atoms with van der Waals surface area (Å²) in [7, 11) is 3.48. The SMILES string of the molecule is CN(C)C(=O)CN=C(NCc1cccs1)NC1CC1.I. The van der Waals surface area contributed by atoms with Gasteiger partial charge in [0.1, 0.15) is 6.54 Å². The van der Waals surface area contributed by atoms with Gasteiger partial charge in [0, 0.05) is 25.0 Å². The van der Waals surface area contributed by atoms with E-state index in [2.05, 4.69) is 27.1 Å². The molecule has 1 aliphatic carbocycles. The highest BCUT2D eigenvalue weighted by Crippen LogP contribution is 2.18. The lowest BCUT2D eigenvalue weighted by atomic mass is 10.4. The first-order chi connectivity index (χ1) is 9.15. The minimum atomic E-state index is 0. The average Bonchev–Trinajstić information content (AvgIpc) is 3.04. The van der Waals surface area contributed by atoms with E-state index >= 15 is 0 Å². The number of amides is 1. The summed E-state index contributed by atoms with van der Waals surface area (Å²) < 4.78 is 0. The number of rotatable bonds is 5. The number of guanidine groups is 1. The number of aliphatic imine (C=N–C) groups is 1. The van der Waals surface area contributed by atoms with E-state index in [9.17, 15) is 4.79 Å². The summed E-state index contributed by atoms with van der Waals surface area (Å²) in [6.07, 6.45) is 2.36. The molecule has 1 amide bonds. The Morgan fingerprint density at radius 3 is 2.80 bits per heavy atom. The van der Waals surface area contributed by atoms with Crippen molar-refractivity contribution in [1.29, 1.82) is 0 Å². The highest BCUT2D eigenvalue weighted by molar-refractivity contribution is 14.0. The molecule has 0 radical (unpaired) electrons. The molecule has 0 saturated heterocycles. The minimum absolute atomic E-state index is 0. The fraction of sp³-hybridized carbons (Fsp3) is 0.538. The van der Waals surface area contributed by atoms with Gasteiger partial charge in [0.15, 0.2) is 5.96 Å². The molecule has 0 aliphatic heterocycles. The third kappa shape index (κ3) is 6.08. The Labute approximate surface area is 140 Å². The first-order valence-electron chi connectivity index (χ1n) is 6.42. The van der Waals surface area contributed by atoms with Gasteiger partial charge in [-0.1, -0.05) is 6.07 Å². The van der Waals surface area contributed by atoms with Gasteiger partial charge in [0.2, 0.25) is 5.91 Å². The Hall–Kier alpha value is -0.830. The second-order valence-electron chi connectivity index (χ2n) is 4.80. The molecule has 7 heteroatoms. The molecule has 0 atom stereocenters. The maximum absolute atomic E-state index is 11.5. The highest BCUT2D eigenvalue weighted by Gasteiger charge is 2.22. The van der Waals surface area contributed by atoms with E-state index in [1.54, 1.807) is 30.3 Å². The second-order valence-corrected chi connectivity index (χ2v) is 5.84. The Morgan fingerprint density at radius 1 is 1.50 bits per heavy atom. The van der Waals surface area contributed by atoms with Gasteiger partial charge in [-0.2, -0.15) is 0 Å². The van der Waals surface area contributed by atoms with E-state index in [1.807, 2.05) is 6.07 Å². The van der Waals surface area contributed by atoms with E-state index in [0.717, 1.165) is 12.5 Å². The average molecular weight is 408 g/mol. The van der Waals surface area contributed by atoms with Crippen LogP contribution in [0.5, 0.6) is 0 Å². The predicted octanol–water partition coefficient (Wildman–Crippen LogP) is 1.65. The number of hydrogen-bond donors (Lipinski definition) is 2. The maximum atomic E-state index is 11.5. The summed E-state index contributed by atoms with van der Waals surface area (Å²) in [6.45, 7) is 0.922. The van der Waals surface area contributed by atoms with Gasteiger partial charge in [-0.15, -0.1) is 35.3 Å². The van der Waals surface area contributed by atoms with Crippen LogP contribution in [0.2, 0.25) is 0 Å². The largest absolute Gasteiger partial charge is 0.354 e. The van der Waals surface area contributed by atoms with Crippen LogP contribution in [0.15, 0.2) is 22.5 Å². The number of halogens is 1. The van der Waals surface area contributed by atoms with Crippen LogP contribution in [0.3, 0.4) is 0 Å². The van der Waals surface area contributed by atoms with Crippen LogP contribution in [-0.4, -0.2) is 43.4 Å². The topological polar surface area (TPSA) is 56.7 Å². The number of nitrogens with one attached hydrogen (secondary N) is 2. The van der Waals surface area contributed by atoms with Crippen LogP contribution in [0, 0.1) is 0 Å². The van der Waals surface area contributed by atoms with Crippen LogP contribution < -0.4 is 10.6 Å². The number of hydrogen-bond acceptors (Lipinski definition) is 3. The van der Waals surface area contributed by atoms with Crippen molar-refractivity contribution < 1.29 is 4.79 Å². The summed E-state index contributed by atoms with van der Waals surface area (Å²) in [5, 5.41) is 8.64. The minimum Gasteiger partial charge on any atom is -0.354 e. The molecule has 0 unspecified atom stereocenters. The van der Waals surface area contributed by atoms with Crippen LogP contribution >= 0.6 is 35.3 Å². The zero-order valence-corrected chi connectivity index (χ0v) is 14.9. The van der Waals surface area contributed by atoms with Crippen LogP contribution in [-0.2, 0) is 11.3 Å². The molecule has 1 aromatic rings. The first kappa shape index (κ1) is 17.2. The first-order valence-corrected chi connectivity index (χ1v) is 7.30. The molecule has 112 valence electrons. The molecule has 0 aromatic carbocycles.